The summed E-state index contributed by atoms with van der Waals surface area (Å²) < 4.78 is 9.40. The molecule has 0 unspecified atom stereocenters. The fourth-order valence-electron chi connectivity index (χ4n) is 11.0. The van der Waals surface area contributed by atoms with Crippen LogP contribution in [0.2, 0.25) is 0 Å². The molecule has 0 spiro atoms. The number of phenolic OH excluding ortho intramolecular Hbond substituents is 5. The maximum atomic E-state index is 10.0. The highest BCUT2D eigenvalue weighted by molar-refractivity contribution is 5.87. The second-order valence-electron chi connectivity index (χ2n) is 24.8. The van der Waals surface area contributed by atoms with Crippen LogP contribution in [0.25, 0.3) is 0 Å². The number of hydrogen-bond donors (Lipinski definition) is 5. The Kier molecular flexibility index (Phi) is 24.2. The highest BCUT2D eigenvalue weighted by Crippen LogP contribution is 2.28. The van der Waals surface area contributed by atoms with Gasteiger partial charge in [-0.3, -0.25) is 0 Å². The van der Waals surface area contributed by atoms with E-state index in [0.29, 0.717) is 28.7 Å². The lowest BCUT2D eigenvalue weighted by Gasteiger charge is -2.06. The highest BCUT2D eigenvalue weighted by atomic mass is 16.3. The Morgan fingerprint density at radius 1 is 0.215 bits per heavy atom. The minimum absolute atomic E-state index is 0.298. The lowest BCUT2D eigenvalue weighted by Crippen LogP contribution is -1.97. The third kappa shape index (κ3) is 18.3. The molecule has 0 aliphatic rings. The van der Waals surface area contributed by atoms with Crippen molar-refractivity contribution in [3.63, 3.8) is 0 Å². The van der Waals surface area contributed by atoms with Gasteiger partial charge in [-0.2, -0.15) is 25.5 Å². The van der Waals surface area contributed by atoms with Crippen LogP contribution in [0.15, 0.2) is 129 Å². The minimum atomic E-state index is 0.298. The molecular formula is C78H96N10O5. The summed E-state index contributed by atoms with van der Waals surface area (Å²) in [6, 6.07) is 33.9. The highest BCUT2D eigenvalue weighted by Gasteiger charge is 2.12. The van der Waals surface area contributed by atoms with Crippen LogP contribution in [0.5, 0.6) is 28.7 Å². The van der Waals surface area contributed by atoms with Crippen LogP contribution >= 0.6 is 0 Å². The molecule has 93 heavy (non-hydrogen) atoms. The van der Waals surface area contributed by atoms with Gasteiger partial charge in [0.05, 0.1) is 31.1 Å². The van der Waals surface area contributed by atoms with Crippen molar-refractivity contribution in [2.75, 3.05) is 0 Å². The molecule has 0 bridgehead atoms. The molecule has 0 atom stereocenters. The van der Waals surface area contributed by atoms with E-state index in [4.69, 9.17) is 0 Å². The molecule has 15 nitrogen and oxygen atoms in total. The minimum Gasteiger partial charge on any atom is -0.507 e. The predicted molar refractivity (Wildman–Crippen MR) is 387 cm³/mol. The molecule has 0 saturated carbocycles. The van der Waals surface area contributed by atoms with Crippen molar-refractivity contribution in [1.82, 2.24) is 23.4 Å². The second-order valence-corrected chi connectivity index (χ2v) is 24.8. The van der Waals surface area contributed by atoms with Crippen molar-refractivity contribution >= 4 is 31.1 Å². The molecular weight excluding hydrogens is 1160 g/mol. The molecule has 0 aliphatic heterocycles. The first-order valence-corrected chi connectivity index (χ1v) is 31.2. The summed E-state index contributed by atoms with van der Waals surface area (Å²) in [4.78, 5) is 0. The number of nitrogens with zero attached hydrogens (tertiary/aromatic N) is 10. The van der Waals surface area contributed by atoms with Gasteiger partial charge in [0.2, 0.25) is 0 Å². The first-order chi connectivity index (χ1) is 43.7. The number of aryl methyl sites for hydroxylation is 20. The van der Waals surface area contributed by atoms with E-state index >= 15 is 0 Å². The molecule has 5 aromatic carbocycles. The predicted octanol–water partition coefficient (Wildman–Crippen LogP) is 17.5. The van der Waals surface area contributed by atoms with Gasteiger partial charge in [-0.15, -0.1) is 0 Å². The largest absolute Gasteiger partial charge is 0.507 e. The Bertz CT molecular complexity index is 4060. The number of benzene rings is 5. The Morgan fingerprint density at radius 2 is 0.387 bits per heavy atom. The van der Waals surface area contributed by atoms with E-state index in [1.54, 1.807) is 31.1 Å². The van der Waals surface area contributed by atoms with Crippen molar-refractivity contribution in [3.05, 3.63) is 260 Å². The summed E-state index contributed by atoms with van der Waals surface area (Å²) in [7, 11) is 0. The van der Waals surface area contributed by atoms with E-state index in [1.807, 2.05) is 247 Å². The van der Waals surface area contributed by atoms with E-state index in [0.717, 1.165) is 140 Å². The first-order valence-electron chi connectivity index (χ1n) is 31.2. The molecule has 488 valence electrons. The first kappa shape index (κ1) is 71.9. The maximum absolute atomic E-state index is 10.0. The van der Waals surface area contributed by atoms with Crippen LogP contribution in [0.3, 0.4) is 0 Å². The van der Waals surface area contributed by atoms with Gasteiger partial charge in [0.1, 0.15) is 28.7 Å². The molecule has 0 saturated heterocycles. The zero-order valence-corrected chi connectivity index (χ0v) is 58.9. The molecule has 10 aromatic rings. The van der Waals surface area contributed by atoms with Crippen LogP contribution < -0.4 is 0 Å². The Morgan fingerprint density at radius 3 is 0.548 bits per heavy atom. The van der Waals surface area contributed by atoms with Crippen molar-refractivity contribution in [2.45, 2.75) is 159 Å². The van der Waals surface area contributed by atoms with Gasteiger partial charge in [-0.05, 0) is 304 Å². The summed E-state index contributed by atoms with van der Waals surface area (Å²) in [6.07, 6.45) is 8.56. The van der Waals surface area contributed by atoms with E-state index in [9.17, 15) is 25.5 Å². The van der Waals surface area contributed by atoms with Crippen molar-refractivity contribution in [3.8, 4) is 28.7 Å². The normalized spacial score (nSPS) is 11.4. The van der Waals surface area contributed by atoms with Gasteiger partial charge < -0.3 is 25.5 Å². The quantitative estimate of drug-likeness (QED) is 0.0851. The number of rotatable bonds is 10. The van der Waals surface area contributed by atoms with Crippen LogP contribution in [0.1, 0.15) is 157 Å². The fourth-order valence-corrected chi connectivity index (χ4v) is 11.0. The maximum Gasteiger partial charge on any atom is 0.127 e. The molecule has 10 rings (SSSR count). The Hall–Kier alpha value is -10.2. The lowest BCUT2D eigenvalue weighted by atomic mass is 10.1. The number of hydrogen-bond acceptors (Lipinski definition) is 10. The molecule has 0 amide bonds. The van der Waals surface area contributed by atoms with Gasteiger partial charge >= 0.3 is 0 Å². The number of phenols is 5. The van der Waals surface area contributed by atoms with Gasteiger partial charge in [-0.25, -0.2) is 23.4 Å². The van der Waals surface area contributed by atoms with Crippen molar-refractivity contribution < 1.29 is 25.5 Å². The molecule has 15 heteroatoms. The van der Waals surface area contributed by atoms with Crippen LogP contribution in [-0.4, -0.2) is 80.0 Å². The van der Waals surface area contributed by atoms with Crippen LogP contribution in [-0.2, 0) is 0 Å². The third-order valence-corrected chi connectivity index (χ3v) is 16.3. The monoisotopic (exact) mass is 1250 g/mol. The van der Waals surface area contributed by atoms with Crippen LogP contribution in [0.4, 0.5) is 0 Å². The van der Waals surface area contributed by atoms with Crippen molar-refractivity contribution in [1.29, 1.82) is 0 Å². The molecule has 5 N–H and O–H groups in total. The molecule has 0 fully saturated rings. The Labute approximate surface area is 551 Å². The zero-order valence-electron chi connectivity index (χ0n) is 58.9. The SMILES string of the molecule is Cc1cc(C)c(O)c(/C=N/n2c(C)cc(C)c2C)c1.Cc1cc(C)c(O)c(/C=N/n2c(C)cc(C)c2C)c1.Cc1cc(C)c(O)c(/C=N/n2c(C)cc(C)c2C)c1.Cc1cc(C)c(O)c(/C=N/n2c(C)ccc2C)c1.Cc1cc(C)c(O)c(/C=N/n2c(C)ccc2C)c1. The lowest BCUT2D eigenvalue weighted by molar-refractivity contribution is 0.469. The summed E-state index contributed by atoms with van der Waals surface area (Å²) >= 11 is 0. The van der Waals surface area contributed by atoms with Crippen molar-refractivity contribution in [2.24, 2.45) is 25.5 Å². The standard InChI is InChI=1S/3C16H20N2O.2C15H18N2O/c3*1-10-6-12(3)16(19)15(7-10)9-17-18-13(4)8-11(2)14(18)5;2*1-10-7-11(2)15(18)14(8-10)9-16-17-12(3)5-6-13(17)4/h3*6-9,19H,1-5H3;2*5-9,18H,1-4H3/b3*17-9+;2*16-9+. The summed E-state index contributed by atoms with van der Waals surface area (Å²) in [5.74, 6) is 1.49. The second kappa shape index (κ2) is 31.2. The van der Waals surface area contributed by atoms with Gasteiger partial charge in [-0.1, -0.05) is 30.3 Å². The van der Waals surface area contributed by atoms with E-state index < -0.39 is 0 Å². The molecule has 0 radical (unpaired) electrons. The van der Waals surface area contributed by atoms with Gasteiger partial charge in [0, 0.05) is 84.8 Å². The molecule has 0 aliphatic carbocycles. The van der Waals surface area contributed by atoms with E-state index in [2.05, 4.69) is 64.5 Å². The average Bonchev–Trinajstić information content (AvgIpc) is 2.15. The van der Waals surface area contributed by atoms with E-state index in [1.165, 1.54) is 16.7 Å². The van der Waals surface area contributed by atoms with Crippen LogP contribution in [0, 0.1) is 159 Å². The topological polar surface area (TPSA) is 188 Å². The zero-order chi connectivity index (χ0) is 69.0. The average molecular weight is 1250 g/mol. The summed E-state index contributed by atoms with van der Waals surface area (Å²) in [5, 5.41) is 72.3. The third-order valence-electron chi connectivity index (χ3n) is 16.3. The van der Waals surface area contributed by atoms with Gasteiger partial charge in [0.15, 0.2) is 0 Å². The fraction of sp³-hybridized carbons (Fsp3) is 0.295. The Balaban J connectivity index is 0.000000184. The van der Waals surface area contributed by atoms with E-state index in [-0.39, 0.29) is 0 Å². The molecule has 5 aromatic heterocycles. The number of aromatic nitrogens is 5. The summed E-state index contributed by atoms with van der Waals surface area (Å²) in [5.41, 5.74) is 28.3. The molecule has 5 heterocycles. The number of aromatic hydroxyl groups is 5. The summed E-state index contributed by atoms with van der Waals surface area (Å²) in [6.45, 7) is 46.0. The van der Waals surface area contributed by atoms with Gasteiger partial charge in [0.25, 0.3) is 0 Å². The smallest absolute Gasteiger partial charge is 0.127 e.